The van der Waals surface area contributed by atoms with E-state index in [0.717, 1.165) is 56.2 Å². The van der Waals surface area contributed by atoms with Crippen LogP contribution in [0.2, 0.25) is 0 Å². The first-order valence-corrected chi connectivity index (χ1v) is 10.4. The molecule has 5 nitrogen and oxygen atoms in total. The molecule has 3 rings (SSSR count). The van der Waals surface area contributed by atoms with Gasteiger partial charge in [-0.05, 0) is 44.0 Å². The summed E-state index contributed by atoms with van der Waals surface area (Å²) < 4.78 is 11.2. The highest BCUT2D eigenvalue weighted by Crippen LogP contribution is 2.22. The van der Waals surface area contributed by atoms with Gasteiger partial charge in [-0.1, -0.05) is 30.3 Å². The van der Waals surface area contributed by atoms with Gasteiger partial charge in [0.2, 0.25) is 5.91 Å². The zero-order chi connectivity index (χ0) is 20.6. The number of amides is 1. The molecular formula is C24H32N2O3. The van der Waals surface area contributed by atoms with E-state index in [9.17, 15) is 4.79 Å². The average molecular weight is 397 g/mol. The summed E-state index contributed by atoms with van der Waals surface area (Å²) >= 11 is 0. The number of aryl methyl sites for hydroxylation is 1. The molecule has 156 valence electrons. The van der Waals surface area contributed by atoms with Crippen molar-refractivity contribution in [1.82, 2.24) is 9.80 Å². The summed E-state index contributed by atoms with van der Waals surface area (Å²) in [5.41, 5.74) is 2.34. The van der Waals surface area contributed by atoms with Crippen LogP contribution in [0.1, 0.15) is 31.4 Å². The number of benzene rings is 2. The Kier molecular flexibility index (Phi) is 7.53. The fraction of sp³-hybridized carbons (Fsp3) is 0.458. The molecule has 5 heteroatoms. The SMILES string of the molecule is COc1cccc(CCC(=O)N2CCN(Cc3ccccc3OC(C)C)CC2)c1. The van der Waals surface area contributed by atoms with Crippen LogP contribution in [0.4, 0.5) is 0 Å². The molecule has 1 amide bonds. The molecule has 1 fully saturated rings. The predicted molar refractivity (Wildman–Crippen MR) is 115 cm³/mol. The van der Waals surface area contributed by atoms with Gasteiger partial charge in [0.25, 0.3) is 0 Å². The monoisotopic (exact) mass is 396 g/mol. The second kappa shape index (κ2) is 10.3. The third-order valence-electron chi connectivity index (χ3n) is 5.22. The number of hydrogen-bond acceptors (Lipinski definition) is 4. The minimum atomic E-state index is 0.162. The van der Waals surface area contributed by atoms with Crippen molar-refractivity contribution >= 4 is 5.91 Å². The number of nitrogens with zero attached hydrogens (tertiary/aromatic N) is 2. The fourth-order valence-electron chi connectivity index (χ4n) is 3.64. The van der Waals surface area contributed by atoms with Crippen LogP contribution in [-0.4, -0.2) is 55.1 Å². The Morgan fingerprint density at radius 1 is 1.03 bits per heavy atom. The van der Waals surface area contributed by atoms with E-state index in [-0.39, 0.29) is 12.0 Å². The molecule has 1 aliphatic heterocycles. The summed E-state index contributed by atoms with van der Waals surface area (Å²) in [6, 6.07) is 16.2. The van der Waals surface area contributed by atoms with Crippen LogP contribution in [-0.2, 0) is 17.8 Å². The molecule has 29 heavy (non-hydrogen) atoms. The van der Waals surface area contributed by atoms with Crippen molar-refractivity contribution < 1.29 is 14.3 Å². The number of carbonyl (C=O) groups excluding carboxylic acids is 1. The first kappa shape index (κ1) is 21.2. The lowest BCUT2D eigenvalue weighted by Crippen LogP contribution is -2.48. The maximum absolute atomic E-state index is 12.6. The highest BCUT2D eigenvalue weighted by Gasteiger charge is 2.21. The molecule has 0 aliphatic carbocycles. The van der Waals surface area contributed by atoms with Gasteiger partial charge in [0, 0.05) is 44.7 Å². The standard InChI is InChI=1S/C24H32N2O3/c1-19(2)29-23-10-5-4-8-21(23)18-25-13-15-26(16-14-25)24(27)12-11-20-7-6-9-22(17-20)28-3/h4-10,17,19H,11-16,18H2,1-3H3. The molecule has 0 atom stereocenters. The Morgan fingerprint density at radius 3 is 2.52 bits per heavy atom. The van der Waals surface area contributed by atoms with Crippen LogP contribution in [0.25, 0.3) is 0 Å². The molecule has 1 heterocycles. The molecule has 1 saturated heterocycles. The number of rotatable bonds is 8. The minimum absolute atomic E-state index is 0.162. The Bertz CT molecular complexity index is 798. The zero-order valence-electron chi connectivity index (χ0n) is 17.8. The smallest absolute Gasteiger partial charge is 0.222 e. The number of methoxy groups -OCH3 is 1. The molecule has 0 unspecified atom stereocenters. The van der Waals surface area contributed by atoms with Crippen molar-refractivity contribution in [1.29, 1.82) is 0 Å². The van der Waals surface area contributed by atoms with Gasteiger partial charge in [0.05, 0.1) is 13.2 Å². The third kappa shape index (κ3) is 6.23. The van der Waals surface area contributed by atoms with Crippen LogP contribution in [0.5, 0.6) is 11.5 Å². The Morgan fingerprint density at radius 2 is 1.79 bits per heavy atom. The van der Waals surface area contributed by atoms with Crippen molar-refractivity contribution in [2.45, 2.75) is 39.3 Å². The maximum Gasteiger partial charge on any atom is 0.222 e. The van der Waals surface area contributed by atoms with E-state index in [1.54, 1.807) is 7.11 Å². The largest absolute Gasteiger partial charge is 0.497 e. The van der Waals surface area contributed by atoms with Crippen molar-refractivity contribution in [3.8, 4) is 11.5 Å². The number of piperazine rings is 1. The summed E-state index contributed by atoms with van der Waals surface area (Å²) in [5.74, 6) is 2.03. The van der Waals surface area contributed by atoms with Crippen molar-refractivity contribution in [2.24, 2.45) is 0 Å². The van der Waals surface area contributed by atoms with E-state index in [4.69, 9.17) is 9.47 Å². The predicted octanol–water partition coefficient (Wildman–Crippen LogP) is 3.76. The lowest BCUT2D eigenvalue weighted by atomic mass is 10.1. The maximum atomic E-state index is 12.6. The topological polar surface area (TPSA) is 42.0 Å². The normalized spacial score (nSPS) is 14.8. The highest BCUT2D eigenvalue weighted by atomic mass is 16.5. The van der Waals surface area contributed by atoms with Crippen LogP contribution in [0, 0.1) is 0 Å². The average Bonchev–Trinajstić information content (AvgIpc) is 2.74. The molecule has 2 aromatic rings. The van der Waals surface area contributed by atoms with E-state index in [0.29, 0.717) is 6.42 Å². The Balaban J connectivity index is 1.47. The highest BCUT2D eigenvalue weighted by molar-refractivity contribution is 5.76. The van der Waals surface area contributed by atoms with Gasteiger partial charge < -0.3 is 14.4 Å². The minimum Gasteiger partial charge on any atom is -0.497 e. The summed E-state index contributed by atoms with van der Waals surface area (Å²) in [4.78, 5) is 17.0. The molecule has 0 spiro atoms. The van der Waals surface area contributed by atoms with E-state index in [1.807, 2.05) is 55.1 Å². The second-order valence-corrected chi connectivity index (χ2v) is 7.78. The van der Waals surface area contributed by atoms with Crippen molar-refractivity contribution in [2.75, 3.05) is 33.3 Å². The number of ether oxygens (including phenoxy) is 2. The Hall–Kier alpha value is -2.53. The lowest BCUT2D eigenvalue weighted by molar-refractivity contribution is -0.133. The summed E-state index contributed by atoms with van der Waals surface area (Å²) in [5, 5.41) is 0. The van der Waals surface area contributed by atoms with E-state index < -0.39 is 0 Å². The molecule has 2 aromatic carbocycles. The van der Waals surface area contributed by atoms with Gasteiger partial charge in [-0.15, -0.1) is 0 Å². The van der Waals surface area contributed by atoms with Crippen LogP contribution in [0.3, 0.4) is 0 Å². The summed E-state index contributed by atoms with van der Waals surface area (Å²) in [7, 11) is 1.66. The van der Waals surface area contributed by atoms with Gasteiger partial charge in [0.1, 0.15) is 11.5 Å². The van der Waals surface area contributed by atoms with Crippen LogP contribution >= 0.6 is 0 Å². The molecule has 1 aliphatic rings. The number of hydrogen-bond donors (Lipinski definition) is 0. The molecule has 0 radical (unpaired) electrons. The molecule has 0 saturated carbocycles. The van der Waals surface area contributed by atoms with E-state index >= 15 is 0 Å². The Labute approximate surface area is 174 Å². The van der Waals surface area contributed by atoms with E-state index in [1.165, 1.54) is 5.56 Å². The van der Waals surface area contributed by atoms with E-state index in [2.05, 4.69) is 17.0 Å². The number of carbonyl (C=O) groups is 1. The van der Waals surface area contributed by atoms with Crippen molar-refractivity contribution in [3.05, 3.63) is 59.7 Å². The molecule has 0 aromatic heterocycles. The summed E-state index contributed by atoms with van der Waals surface area (Å²) in [6.07, 6.45) is 1.45. The van der Waals surface area contributed by atoms with Gasteiger partial charge in [-0.3, -0.25) is 9.69 Å². The molecular weight excluding hydrogens is 364 g/mol. The van der Waals surface area contributed by atoms with Crippen molar-refractivity contribution in [3.63, 3.8) is 0 Å². The van der Waals surface area contributed by atoms with Gasteiger partial charge in [-0.25, -0.2) is 0 Å². The second-order valence-electron chi connectivity index (χ2n) is 7.78. The summed E-state index contributed by atoms with van der Waals surface area (Å²) in [6.45, 7) is 8.30. The molecule has 0 bridgehead atoms. The van der Waals surface area contributed by atoms with Crippen LogP contribution in [0.15, 0.2) is 48.5 Å². The molecule has 0 N–H and O–H groups in total. The van der Waals surface area contributed by atoms with Gasteiger partial charge in [-0.2, -0.15) is 0 Å². The quantitative estimate of drug-likeness (QED) is 0.681. The van der Waals surface area contributed by atoms with Gasteiger partial charge in [0.15, 0.2) is 0 Å². The van der Waals surface area contributed by atoms with Gasteiger partial charge >= 0.3 is 0 Å². The number of para-hydroxylation sites is 1. The first-order chi connectivity index (χ1) is 14.0. The fourth-order valence-corrected chi connectivity index (χ4v) is 3.64. The van der Waals surface area contributed by atoms with Crippen LogP contribution < -0.4 is 9.47 Å². The first-order valence-electron chi connectivity index (χ1n) is 10.4. The lowest BCUT2D eigenvalue weighted by Gasteiger charge is -2.35. The zero-order valence-corrected chi connectivity index (χ0v) is 17.8. The third-order valence-corrected chi connectivity index (χ3v) is 5.22.